The molecule has 2 aliphatic heterocycles. The molecular formula is C92H50F12N4. The molecule has 0 fully saturated rings. The zero-order valence-corrected chi connectivity index (χ0v) is 56.1. The number of aliphatic imine (C=N–C) groups is 2. The van der Waals surface area contributed by atoms with E-state index >= 15 is 52.7 Å². The number of nitrogens with one attached hydrogen (secondary N) is 2. The van der Waals surface area contributed by atoms with E-state index in [2.05, 4.69) is 9.97 Å². The SMILES string of the molecule is Fc1ccc(C2=C(c3ccc(F)cc3)C3=C(c4ccc(F)cc4)c4[nH]c(c(-c5ccc(F)cc5)c4-c4ccc(F)cc4)C(c4ccc(F)cc4)=C4N=C(C(c5ccc(F)cc5)=C4c4ccc(F)cc4)C(c4ccc(F)cc4)=c4[nH]c(c(-c5ccc(F)cc5)c4-c4ccc(F)cc4)=C(c4ccc(F)cc4)C2=N3)cc1. The van der Waals surface area contributed by atoms with Gasteiger partial charge >= 0.3 is 0 Å². The first-order valence-electron chi connectivity index (χ1n) is 34.0. The van der Waals surface area contributed by atoms with Gasteiger partial charge < -0.3 is 9.97 Å². The van der Waals surface area contributed by atoms with E-state index in [0.29, 0.717) is 44.5 Å². The van der Waals surface area contributed by atoms with Crippen LogP contribution >= 0.6 is 0 Å². The third-order valence-electron chi connectivity index (χ3n) is 19.4. The van der Waals surface area contributed by atoms with Gasteiger partial charge in [-0.15, -0.1) is 0 Å². The molecule has 1 aliphatic carbocycles. The van der Waals surface area contributed by atoms with Gasteiger partial charge in [-0.2, -0.15) is 0 Å². The van der Waals surface area contributed by atoms with E-state index in [0.717, 1.165) is 0 Å². The molecule has 0 atom stereocenters. The molecule has 0 saturated heterocycles. The maximum absolute atomic E-state index is 16.1. The summed E-state index contributed by atoms with van der Waals surface area (Å²) in [6.45, 7) is 0. The Morgan fingerprint density at radius 1 is 0.157 bits per heavy atom. The van der Waals surface area contributed by atoms with E-state index in [4.69, 9.17) is 9.98 Å². The van der Waals surface area contributed by atoms with Gasteiger partial charge in [-0.3, -0.25) is 0 Å². The van der Waals surface area contributed by atoms with Crippen LogP contribution in [0, 0.1) is 69.8 Å². The van der Waals surface area contributed by atoms with Crippen LogP contribution in [0.4, 0.5) is 52.7 Å². The van der Waals surface area contributed by atoms with Gasteiger partial charge in [-0.05, 0) is 212 Å². The standard InChI is InChI=1S/C92H50F12N4/c93-61-25-1-49(2-26-61)73-74(50-3-27-62(94)28-4-50)86-82(58-19-43-70(102)44-20-58)88-77(53-9-33-65(97)34-10-53)78(54-11-35-66(98)36-12-54)90(107-88)84(60-23-47-72(104)48-24-60)92-80(56-15-39-68(100)40-16-56)79(55-13-37-67(99)38-14-55)91(108-92)83(59-21-45-71(103)46-22-59)89-76(52-7-31-64(96)32-8-52)75(51-5-29-63(95)30-6-51)87(106-89)81(85(73)105-86)57-17-41-69(101)42-18-57/h1-48,105,108H. The Morgan fingerprint density at radius 2 is 0.324 bits per heavy atom. The van der Waals surface area contributed by atoms with Crippen LogP contribution in [0.25, 0.3) is 89.1 Å². The average molecular weight is 1440 g/mol. The monoisotopic (exact) mass is 1440 g/mol. The van der Waals surface area contributed by atoms with Crippen LogP contribution in [0.15, 0.2) is 313 Å². The summed E-state index contributed by atoms with van der Waals surface area (Å²) in [4.78, 5) is 19.5. The highest BCUT2D eigenvalue weighted by molar-refractivity contribution is 6.53. The lowest BCUT2D eigenvalue weighted by Gasteiger charge is -2.17. The van der Waals surface area contributed by atoms with Gasteiger partial charge in [0.25, 0.3) is 0 Å². The van der Waals surface area contributed by atoms with Crippen molar-refractivity contribution in [1.82, 2.24) is 9.97 Å². The summed E-state index contributed by atoms with van der Waals surface area (Å²) >= 11 is 0. The Hall–Kier alpha value is -13.6. The molecule has 0 unspecified atom stereocenters. The predicted molar refractivity (Wildman–Crippen MR) is 399 cm³/mol. The first-order valence-corrected chi connectivity index (χ1v) is 34.0. The van der Waals surface area contributed by atoms with Gasteiger partial charge in [0.2, 0.25) is 0 Å². The van der Waals surface area contributed by atoms with Crippen molar-refractivity contribution in [3.63, 3.8) is 0 Å². The van der Waals surface area contributed by atoms with Gasteiger partial charge in [0, 0.05) is 66.8 Å². The Labute approximate surface area is 609 Å². The lowest BCUT2D eigenvalue weighted by molar-refractivity contribution is 0.627. The molecule has 0 spiro atoms. The molecular weight excluding hydrogens is 1390 g/mol. The van der Waals surface area contributed by atoms with Crippen LogP contribution in [-0.4, -0.2) is 21.4 Å². The predicted octanol–water partition coefficient (Wildman–Crippen LogP) is 22.4. The summed E-state index contributed by atoms with van der Waals surface area (Å²) in [5, 5.41) is 0.270. The lowest BCUT2D eigenvalue weighted by atomic mass is 9.83. The van der Waals surface area contributed by atoms with Gasteiger partial charge in [-0.1, -0.05) is 146 Å². The summed E-state index contributed by atoms with van der Waals surface area (Å²) in [6.07, 6.45) is 0. The minimum absolute atomic E-state index is 0.0474. The van der Waals surface area contributed by atoms with Gasteiger partial charge in [0.15, 0.2) is 0 Å². The lowest BCUT2D eigenvalue weighted by Crippen LogP contribution is -2.24. The molecule has 0 saturated carbocycles. The van der Waals surface area contributed by atoms with Gasteiger partial charge in [0.05, 0.1) is 44.9 Å². The molecule has 14 aromatic rings. The van der Waals surface area contributed by atoms with Crippen molar-refractivity contribution in [3.05, 3.63) is 439 Å². The third-order valence-corrected chi connectivity index (χ3v) is 19.4. The van der Waals surface area contributed by atoms with Crippen LogP contribution in [0.3, 0.4) is 0 Å². The summed E-state index contributed by atoms with van der Waals surface area (Å²) in [6, 6.07) is 65.9. The number of aromatic nitrogens is 2. The fourth-order valence-corrected chi connectivity index (χ4v) is 14.7. The fraction of sp³-hybridized carbons (Fsp3) is 0. The zero-order valence-electron chi connectivity index (χ0n) is 56.1. The van der Waals surface area contributed by atoms with Crippen LogP contribution < -0.4 is 10.7 Å². The Morgan fingerprint density at radius 3 is 0.537 bits per heavy atom. The van der Waals surface area contributed by atoms with E-state index in [9.17, 15) is 0 Å². The second-order valence-electron chi connectivity index (χ2n) is 26.0. The molecule has 108 heavy (non-hydrogen) atoms. The van der Waals surface area contributed by atoms with Crippen LogP contribution in [0.1, 0.15) is 55.9 Å². The second-order valence-corrected chi connectivity index (χ2v) is 26.0. The maximum Gasteiger partial charge on any atom is 0.123 e. The van der Waals surface area contributed by atoms with Gasteiger partial charge in [0.1, 0.15) is 69.8 Å². The third kappa shape index (κ3) is 12.3. The number of hydrogen-bond acceptors (Lipinski definition) is 2. The maximum atomic E-state index is 16.1. The van der Waals surface area contributed by atoms with Crippen molar-refractivity contribution >= 4 is 56.0 Å². The number of H-pyrrole nitrogens is 2. The van der Waals surface area contributed by atoms with E-state index in [1.54, 1.807) is 0 Å². The number of rotatable bonds is 12. The molecule has 16 heteroatoms. The van der Waals surface area contributed by atoms with Crippen molar-refractivity contribution in [2.75, 3.05) is 0 Å². The number of nitrogens with zero attached hydrogens (tertiary/aromatic N) is 2. The van der Waals surface area contributed by atoms with Crippen molar-refractivity contribution in [3.8, 4) is 44.5 Å². The highest BCUT2D eigenvalue weighted by Gasteiger charge is 2.40. The van der Waals surface area contributed by atoms with Crippen molar-refractivity contribution in [2.45, 2.75) is 0 Å². The van der Waals surface area contributed by atoms with E-state index in [-0.39, 0.29) is 134 Å². The highest BCUT2D eigenvalue weighted by Crippen LogP contribution is 2.55. The molecule has 0 radical (unpaired) electrons. The number of aromatic amines is 2. The summed E-state index contributed by atoms with van der Waals surface area (Å²) in [7, 11) is 0. The van der Waals surface area contributed by atoms with Crippen LogP contribution in [-0.2, 0) is 0 Å². The second kappa shape index (κ2) is 27.5. The minimum atomic E-state index is -0.667. The van der Waals surface area contributed by atoms with Gasteiger partial charge in [-0.25, -0.2) is 62.7 Å². The number of hydrogen-bond donors (Lipinski definition) is 2. The van der Waals surface area contributed by atoms with Crippen molar-refractivity contribution in [1.29, 1.82) is 0 Å². The molecule has 3 aliphatic rings. The normalized spacial score (nSPS) is 13.7. The van der Waals surface area contributed by atoms with Crippen molar-refractivity contribution < 1.29 is 52.7 Å². The molecule has 17 rings (SSSR count). The molecule has 4 nitrogen and oxygen atoms in total. The topological polar surface area (TPSA) is 56.3 Å². The Kier molecular flexibility index (Phi) is 17.2. The molecule has 2 aromatic heterocycles. The smallest absolute Gasteiger partial charge is 0.123 e. The molecule has 2 N–H and O–H groups in total. The van der Waals surface area contributed by atoms with Crippen LogP contribution in [0.2, 0.25) is 0 Å². The minimum Gasteiger partial charge on any atom is -0.353 e. The number of fused-ring (bicyclic) bond motifs is 10. The molecule has 522 valence electrons. The van der Waals surface area contributed by atoms with E-state index in [1.807, 2.05) is 0 Å². The molecule has 8 bridgehead atoms. The van der Waals surface area contributed by atoms with Crippen molar-refractivity contribution in [2.24, 2.45) is 9.98 Å². The zero-order chi connectivity index (χ0) is 74.2. The number of allylic oxidation sites excluding steroid dienone is 4. The molecule has 12 aromatic carbocycles. The van der Waals surface area contributed by atoms with E-state index < -0.39 is 69.8 Å². The first-order chi connectivity index (χ1) is 52.5. The van der Waals surface area contributed by atoms with E-state index in [1.165, 1.54) is 291 Å². The molecule has 0 amide bonds. The largest absolute Gasteiger partial charge is 0.353 e. The number of halogens is 12. The summed E-state index contributed by atoms with van der Waals surface area (Å²) in [5.41, 5.74) is 6.35. The Balaban J connectivity index is 1.25. The fourth-order valence-electron chi connectivity index (χ4n) is 14.7. The summed E-state index contributed by atoms with van der Waals surface area (Å²) in [5.74, 6) is -7.83. The quantitative estimate of drug-likeness (QED) is 0.115. The highest BCUT2D eigenvalue weighted by atomic mass is 19.2. The first kappa shape index (κ1) is 67.6. The average Bonchev–Trinajstić information content (AvgIpc) is 1.55. The molecule has 4 heterocycles. The number of benzene rings is 12. The Bertz CT molecular complexity index is 5890. The van der Waals surface area contributed by atoms with Crippen LogP contribution in [0.5, 0.6) is 0 Å². The summed E-state index contributed by atoms with van der Waals surface area (Å²) < 4.78 is 192.